The summed E-state index contributed by atoms with van der Waals surface area (Å²) in [4.78, 5) is 37.2. The van der Waals surface area contributed by atoms with E-state index in [0.29, 0.717) is 44.4 Å². The predicted octanol–water partition coefficient (Wildman–Crippen LogP) is 3.45. The Morgan fingerprint density at radius 2 is 1.68 bits per heavy atom. The zero-order valence-corrected chi connectivity index (χ0v) is 19.3. The lowest BCUT2D eigenvalue weighted by Gasteiger charge is -2.25. The quantitative estimate of drug-likeness (QED) is 0.559. The molecule has 4 rings (SSSR count). The molecule has 1 saturated heterocycles. The fraction of sp³-hybridized carbons (Fsp3) is 0.300. The first-order valence-electron chi connectivity index (χ1n) is 9.56. The number of nitrogens with one attached hydrogen (secondary N) is 2. The van der Waals surface area contributed by atoms with E-state index in [4.69, 9.17) is 16.3 Å². The number of nitrogens with zero attached hydrogens (tertiary/aromatic N) is 3. The van der Waals surface area contributed by atoms with Gasteiger partial charge in [0, 0.05) is 23.7 Å². The smallest absolute Gasteiger partial charge is 0.281 e. The van der Waals surface area contributed by atoms with Crippen molar-refractivity contribution >= 4 is 51.2 Å². The Kier molecular flexibility index (Phi) is 6.51. The first-order chi connectivity index (χ1) is 14.9. The molecule has 0 aliphatic carbocycles. The predicted molar refractivity (Wildman–Crippen MR) is 122 cm³/mol. The molecule has 1 aliphatic heterocycles. The summed E-state index contributed by atoms with van der Waals surface area (Å²) in [6, 6.07) is 7.28. The second-order valence-electron chi connectivity index (χ2n) is 6.86. The van der Waals surface area contributed by atoms with Gasteiger partial charge in [-0.05, 0) is 26.0 Å². The molecule has 3 aromatic rings. The van der Waals surface area contributed by atoms with E-state index in [2.05, 4.69) is 25.7 Å². The summed E-state index contributed by atoms with van der Waals surface area (Å²) in [5, 5.41) is 2.06. The van der Waals surface area contributed by atoms with E-state index in [-0.39, 0.29) is 0 Å². The van der Waals surface area contributed by atoms with E-state index in [1.807, 2.05) is 12.1 Å². The number of rotatable bonds is 4. The van der Waals surface area contributed by atoms with Gasteiger partial charge < -0.3 is 9.64 Å². The maximum Gasteiger partial charge on any atom is 0.281 e. The van der Waals surface area contributed by atoms with Crippen molar-refractivity contribution in [3.63, 3.8) is 0 Å². The molecule has 2 amide bonds. The number of aromatic nitrogens is 2. The van der Waals surface area contributed by atoms with Gasteiger partial charge >= 0.3 is 0 Å². The van der Waals surface area contributed by atoms with Crippen molar-refractivity contribution in [3.8, 4) is 10.6 Å². The molecule has 8 nitrogen and oxygen atoms in total. The highest BCUT2D eigenvalue weighted by molar-refractivity contribution is 7.17. The maximum atomic E-state index is 12.6. The molecule has 0 radical (unpaired) electrons. The molecule has 0 bridgehead atoms. The number of carbonyl (C=O) groups excluding carboxylic acids is 2. The zero-order chi connectivity index (χ0) is 22.0. The summed E-state index contributed by atoms with van der Waals surface area (Å²) in [6.45, 7) is 6.29. The van der Waals surface area contributed by atoms with Gasteiger partial charge in [0.25, 0.3) is 11.8 Å². The van der Waals surface area contributed by atoms with Crippen LogP contribution in [0.2, 0.25) is 5.02 Å². The Hall–Kier alpha value is -2.53. The average molecular weight is 478 g/mol. The van der Waals surface area contributed by atoms with E-state index >= 15 is 0 Å². The molecule has 0 saturated carbocycles. The van der Waals surface area contributed by atoms with Gasteiger partial charge in [-0.1, -0.05) is 35.1 Å². The van der Waals surface area contributed by atoms with Gasteiger partial charge in [0.1, 0.15) is 14.8 Å². The molecular formula is C20H20ClN5O3S2. The van der Waals surface area contributed by atoms with Crippen molar-refractivity contribution in [2.75, 3.05) is 31.2 Å². The van der Waals surface area contributed by atoms with Crippen LogP contribution >= 0.6 is 34.3 Å². The van der Waals surface area contributed by atoms with Gasteiger partial charge in [0.2, 0.25) is 0 Å². The SMILES string of the molecule is Cc1nc(-c2cccc(Cl)c2)sc1C(=O)NNC(=O)c1sc(N2CCOCC2)nc1C. The van der Waals surface area contributed by atoms with Crippen LogP contribution in [-0.4, -0.2) is 48.1 Å². The number of benzene rings is 1. The van der Waals surface area contributed by atoms with Crippen LogP contribution in [0, 0.1) is 13.8 Å². The molecule has 31 heavy (non-hydrogen) atoms. The monoisotopic (exact) mass is 477 g/mol. The van der Waals surface area contributed by atoms with Crippen LogP contribution in [0.5, 0.6) is 0 Å². The molecule has 0 spiro atoms. The third-order valence-electron chi connectivity index (χ3n) is 4.64. The molecule has 2 N–H and O–H groups in total. The van der Waals surface area contributed by atoms with Crippen molar-refractivity contribution in [3.05, 3.63) is 50.4 Å². The second kappa shape index (κ2) is 9.31. The van der Waals surface area contributed by atoms with Gasteiger partial charge in [-0.2, -0.15) is 0 Å². The third-order valence-corrected chi connectivity index (χ3v) is 7.29. The molecule has 2 aromatic heterocycles. The summed E-state index contributed by atoms with van der Waals surface area (Å²) in [6.07, 6.45) is 0. The lowest BCUT2D eigenvalue weighted by molar-refractivity contribution is 0.0850. The van der Waals surface area contributed by atoms with Gasteiger partial charge in [-0.15, -0.1) is 11.3 Å². The van der Waals surface area contributed by atoms with Crippen LogP contribution in [0.4, 0.5) is 5.13 Å². The number of halogens is 1. The van der Waals surface area contributed by atoms with Crippen molar-refractivity contribution in [2.45, 2.75) is 13.8 Å². The highest BCUT2D eigenvalue weighted by Crippen LogP contribution is 2.30. The van der Waals surface area contributed by atoms with Crippen molar-refractivity contribution < 1.29 is 14.3 Å². The topological polar surface area (TPSA) is 96.5 Å². The van der Waals surface area contributed by atoms with E-state index in [9.17, 15) is 9.59 Å². The third kappa shape index (κ3) is 4.87. The number of morpholine rings is 1. The number of amides is 2. The van der Waals surface area contributed by atoms with E-state index in [1.54, 1.807) is 26.0 Å². The molecule has 3 heterocycles. The lowest BCUT2D eigenvalue weighted by atomic mass is 10.2. The van der Waals surface area contributed by atoms with E-state index in [1.165, 1.54) is 22.7 Å². The van der Waals surface area contributed by atoms with Gasteiger partial charge in [-0.25, -0.2) is 9.97 Å². The number of aryl methyl sites for hydroxylation is 2. The van der Waals surface area contributed by atoms with Crippen molar-refractivity contribution in [1.82, 2.24) is 20.8 Å². The van der Waals surface area contributed by atoms with Crippen LogP contribution in [0.3, 0.4) is 0 Å². The number of hydrogen-bond donors (Lipinski definition) is 2. The van der Waals surface area contributed by atoms with Crippen molar-refractivity contribution in [2.24, 2.45) is 0 Å². The maximum absolute atomic E-state index is 12.6. The molecule has 162 valence electrons. The van der Waals surface area contributed by atoms with Crippen LogP contribution < -0.4 is 15.8 Å². The second-order valence-corrected chi connectivity index (χ2v) is 9.28. The van der Waals surface area contributed by atoms with Crippen LogP contribution in [0.1, 0.15) is 30.7 Å². The fourth-order valence-corrected chi connectivity index (χ4v) is 5.22. The Labute approximate surface area is 192 Å². The Bertz CT molecular complexity index is 1120. The van der Waals surface area contributed by atoms with E-state index in [0.717, 1.165) is 23.8 Å². The number of hydrogen-bond acceptors (Lipinski definition) is 8. The van der Waals surface area contributed by atoms with Crippen LogP contribution in [-0.2, 0) is 4.74 Å². The summed E-state index contributed by atoms with van der Waals surface area (Å²) in [5.41, 5.74) is 7.00. The normalized spacial score (nSPS) is 13.8. The van der Waals surface area contributed by atoms with E-state index < -0.39 is 11.8 Å². The summed E-state index contributed by atoms with van der Waals surface area (Å²) >= 11 is 8.59. The van der Waals surface area contributed by atoms with Gasteiger partial charge in [0.15, 0.2) is 5.13 Å². The molecule has 11 heteroatoms. The molecule has 0 atom stereocenters. The minimum Gasteiger partial charge on any atom is -0.378 e. The van der Waals surface area contributed by atoms with Gasteiger partial charge in [0.05, 0.1) is 24.6 Å². The largest absolute Gasteiger partial charge is 0.378 e. The Morgan fingerprint density at radius 1 is 1.03 bits per heavy atom. The molecule has 1 fully saturated rings. The Balaban J connectivity index is 1.42. The number of hydrazine groups is 1. The van der Waals surface area contributed by atoms with Gasteiger partial charge in [-0.3, -0.25) is 20.4 Å². The zero-order valence-electron chi connectivity index (χ0n) is 16.9. The Morgan fingerprint density at radius 3 is 2.35 bits per heavy atom. The summed E-state index contributed by atoms with van der Waals surface area (Å²) < 4.78 is 5.36. The number of thiazole rings is 2. The highest BCUT2D eigenvalue weighted by Gasteiger charge is 2.22. The molecule has 0 unspecified atom stereocenters. The first-order valence-corrected chi connectivity index (χ1v) is 11.6. The lowest BCUT2D eigenvalue weighted by Crippen LogP contribution is -2.41. The first kappa shape index (κ1) is 21.7. The molecular weight excluding hydrogens is 458 g/mol. The summed E-state index contributed by atoms with van der Waals surface area (Å²) in [7, 11) is 0. The standard InChI is InChI=1S/C20H20ClN5O3S2/c1-11-15(30-19(22-11)13-4-3-5-14(21)10-13)17(27)24-25-18(28)16-12(2)23-20(31-16)26-6-8-29-9-7-26/h3-5,10H,6-9H2,1-2H3,(H,24,27)(H,25,28). The minimum atomic E-state index is -0.424. The number of anilines is 1. The van der Waals surface area contributed by atoms with Crippen LogP contribution in [0.15, 0.2) is 24.3 Å². The number of ether oxygens (including phenoxy) is 1. The fourth-order valence-electron chi connectivity index (χ4n) is 3.06. The minimum absolute atomic E-state index is 0.403. The van der Waals surface area contributed by atoms with Crippen LogP contribution in [0.25, 0.3) is 10.6 Å². The number of carbonyl (C=O) groups is 2. The highest BCUT2D eigenvalue weighted by atomic mass is 35.5. The van der Waals surface area contributed by atoms with Crippen molar-refractivity contribution in [1.29, 1.82) is 0 Å². The average Bonchev–Trinajstić information content (AvgIpc) is 3.35. The summed E-state index contributed by atoms with van der Waals surface area (Å²) in [5.74, 6) is -0.827. The molecule has 1 aliphatic rings. The molecule has 1 aromatic carbocycles.